The van der Waals surface area contributed by atoms with E-state index in [9.17, 15) is 18.7 Å². The number of benzene rings is 1. The van der Waals surface area contributed by atoms with Crippen molar-refractivity contribution in [3.8, 4) is 17.1 Å². The monoisotopic (exact) mass is 475 g/mol. The molecule has 0 aliphatic rings. The number of aromatic amines is 1. The molecule has 3 heterocycles. The topological polar surface area (TPSA) is 115 Å². The number of carboxylic acids is 1. The number of nitrogens with zero attached hydrogens (tertiary/aromatic N) is 4. The molecule has 2 N–H and O–H groups in total. The van der Waals surface area contributed by atoms with E-state index in [0.717, 1.165) is 6.04 Å². The molecule has 0 radical (unpaired) electrons. The van der Waals surface area contributed by atoms with Crippen molar-refractivity contribution in [2.75, 3.05) is 6.61 Å². The quantitative estimate of drug-likeness (QED) is 0.269. The number of carboxylic acid groups (broad SMARTS) is 1. The lowest BCUT2D eigenvalue weighted by Gasteiger charge is -2.15. The fourth-order valence-electron chi connectivity index (χ4n) is 3.33. The van der Waals surface area contributed by atoms with Crippen molar-refractivity contribution in [3.63, 3.8) is 0 Å². The van der Waals surface area contributed by atoms with Gasteiger partial charge in [0.25, 0.3) is 0 Å². The zero-order valence-electron chi connectivity index (χ0n) is 18.3. The number of carbonyl (C=O) groups is 1. The van der Waals surface area contributed by atoms with Crippen LogP contribution in [0.4, 0.5) is 8.78 Å². The molecule has 0 aliphatic carbocycles. The van der Waals surface area contributed by atoms with Crippen molar-refractivity contribution in [1.29, 1.82) is 0 Å². The number of ether oxygens (including phenoxy) is 2. The second-order valence-corrected chi connectivity index (χ2v) is 14.4. The normalized spacial score (nSPS) is 12.2. The molecule has 0 bridgehead atoms. The van der Waals surface area contributed by atoms with Crippen LogP contribution in [0.3, 0.4) is 0 Å². The molecule has 0 saturated carbocycles. The Morgan fingerprint density at radius 2 is 2.09 bits per heavy atom. The first-order chi connectivity index (χ1) is 15.6. The fourth-order valence-corrected chi connectivity index (χ4v) is 4.08. The first kappa shape index (κ1) is 22.8. The highest BCUT2D eigenvalue weighted by molar-refractivity contribution is 6.76. The van der Waals surface area contributed by atoms with Gasteiger partial charge in [-0.3, -0.25) is 5.10 Å². The van der Waals surface area contributed by atoms with Gasteiger partial charge >= 0.3 is 12.6 Å². The summed E-state index contributed by atoms with van der Waals surface area (Å²) in [4.78, 5) is 20.7. The van der Waals surface area contributed by atoms with Gasteiger partial charge in [-0.05, 0) is 24.2 Å². The number of fused-ring (bicyclic) bond motifs is 2. The van der Waals surface area contributed by atoms with Gasteiger partial charge in [0.2, 0.25) is 0 Å². The Labute approximate surface area is 188 Å². The summed E-state index contributed by atoms with van der Waals surface area (Å²) in [6, 6.07) is 5.36. The lowest BCUT2D eigenvalue weighted by molar-refractivity contribution is -0.0497. The van der Waals surface area contributed by atoms with Crippen LogP contribution in [0.25, 0.3) is 33.5 Å². The molecule has 0 spiro atoms. The van der Waals surface area contributed by atoms with E-state index >= 15 is 0 Å². The Morgan fingerprint density at radius 3 is 2.79 bits per heavy atom. The van der Waals surface area contributed by atoms with Crippen LogP contribution in [0.2, 0.25) is 25.7 Å². The number of nitrogens with one attached hydrogen (secondary N) is 1. The number of hydrogen-bond donors (Lipinski definition) is 2. The SMILES string of the molecule is C[Si](C)(C)CCOCn1cc(C(=O)O)c2nc(-c3n[nH]c4ccc(OC(F)F)cc34)cnc21. The van der Waals surface area contributed by atoms with Crippen LogP contribution in [0.15, 0.2) is 30.6 Å². The third-order valence-corrected chi connectivity index (χ3v) is 6.73. The maximum atomic E-state index is 12.6. The third kappa shape index (κ3) is 5.01. The maximum Gasteiger partial charge on any atom is 0.387 e. The molecule has 0 amide bonds. The van der Waals surface area contributed by atoms with Gasteiger partial charge in [-0.15, -0.1) is 0 Å². The molecule has 0 unspecified atom stereocenters. The average molecular weight is 476 g/mol. The van der Waals surface area contributed by atoms with Crippen LogP contribution in [0.1, 0.15) is 10.4 Å². The van der Waals surface area contributed by atoms with Crippen LogP contribution < -0.4 is 4.74 Å². The smallest absolute Gasteiger partial charge is 0.387 e. The van der Waals surface area contributed by atoms with Gasteiger partial charge in [0.15, 0.2) is 5.65 Å². The molecular formula is C21H23F2N5O4Si. The van der Waals surface area contributed by atoms with Gasteiger partial charge in [-0.1, -0.05) is 19.6 Å². The lowest BCUT2D eigenvalue weighted by Crippen LogP contribution is -2.22. The van der Waals surface area contributed by atoms with Crippen molar-refractivity contribution in [2.24, 2.45) is 0 Å². The zero-order valence-corrected chi connectivity index (χ0v) is 19.3. The number of halogens is 2. The van der Waals surface area contributed by atoms with E-state index in [0.29, 0.717) is 34.5 Å². The predicted molar refractivity (Wildman–Crippen MR) is 120 cm³/mol. The van der Waals surface area contributed by atoms with E-state index in [1.807, 2.05) is 0 Å². The average Bonchev–Trinajstić information content (AvgIpc) is 3.31. The highest BCUT2D eigenvalue weighted by Gasteiger charge is 2.20. The molecule has 12 heteroatoms. The van der Waals surface area contributed by atoms with Crippen molar-refractivity contribution in [1.82, 2.24) is 24.7 Å². The molecule has 3 aromatic heterocycles. The molecule has 9 nitrogen and oxygen atoms in total. The fraction of sp³-hybridized carbons (Fsp3) is 0.333. The molecule has 174 valence electrons. The molecule has 0 saturated heterocycles. The lowest BCUT2D eigenvalue weighted by atomic mass is 10.1. The Kier molecular flexibility index (Phi) is 6.12. The van der Waals surface area contributed by atoms with Crippen LogP contribution in [0, 0.1) is 0 Å². The van der Waals surface area contributed by atoms with Crippen molar-refractivity contribution < 1.29 is 28.2 Å². The number of rotatable bonds is 9. The standard InChI is InChI=1S/C21H23F2N5O4Si/c1-33(2,3)7-6-31-11-28-10-14(20(29)30)18-19(28)24-9-16(25-18)17-13-8-12(32-21(22)23)4-5-15(13)26-27-17/h4-5,8-10,21H,6-7,11H2,1-3H3,(H,26,27)(H,29,30). The van der Waals surface area contributed by atoms with Gasteiger partial charge in [0, 0.05) is 26.3 Å². The molecular weight excluding hydrogens is 452 g/mol. The van der Waals surface area contributed by atoms with E-state index in [1.165, 1.54) is 24.5 Å². The van der Waals surface area contributed by atoms with Crippen LogP contribution in [0.5, 0.6) is 5.75 Å². The number of aromatic nitrogens is 5. The zero-order chi connectivity index (χ0) is 23.8. The molecule has 0 atom stereocenters. The van der Waals surface area contributed by atoms with E-state index in [-0.39, 0.29) is 23.6 Å². The highest BCUT2D eigenvalue weighted by Crippen LogP contribution is 2.30. The number of alkyl halides is 2. The summed E-state index contributed by atoms with van der Waals surface area (Å²) in [6.07, 6.45) is 2.91. The summed E-state index contributed by atoms with van der Waals surface area (Å²) < 4.78 is 37.0. The Hall–Kier alpha value is -3.38. The second kappa shape index (κ2) is 8.87. The van der Waals surface area contributed by atoms with Crippen molar-refractivity contribution in [3.05, 3.63) is 36.2 Å². The minimum Gasteiger partial charge on any atom is -0.478 e. The molecule has 33 heavy (non-hydrogen) atoms. The maximum absolute atomic E-state index is 12.6. The molecule has 4 aromatic rings. The third-order valence-electron chi connectivity index (χ3n) is 5.02. The summed E-state index contributed by atoms with van der Waals surface area (Å²) in [6.45, 7) is 4.52. The van der Waals surface area contributed by atoms with Crippen molar-refractivity contribution >= 4 is 36.1 Å². The summed E-state index contributed by atoms with van der Waals surface area (Å²) in [7, 11) is -1.25. The number of aromatic carboxylic acids is 1. The minimum absolute atomic E-state index is 0.0188. The largest absolute Gasteiger partial charge is 0.478 e. The van der Waals surface area contributed by atoms with E-state index in [2.05, 4.69) is 44.5 Å². The summed E-state index contributed by atoms with van der Waals surface area (Å²) >= 11 is 0. The first-order valence-electron chi connectivity index (χ1n) is 10.2. The first-order valence-corrected chi connectivity index (χ1v) is 13.9. The van der Waals surface area contributed by atoms with Gasteiger partial charge in [-0.2, -0.15) is 13.9 Å². The van der Waals surface area contributed by atoms with Crippen LogP contribution in [-0.4, -0.2) is 57.1 Å². The molecule has 1 aromatic carbocycles. The highest BCUT2D eigenvalue weighted by atomic mass is 28.3. The summed E-state index contributed by atoms with van der Waals surface area (Å²) in [5.41, 5.74) is 1.75. The van der Waals surface area contributed by atoms with E-state index in [1.54, 1.807) is 10.6 Å². The van der Waals surface area contributed by atoms with E-state index in [4.69, 9.17) is 4.74 Å². The van der Waals surface area contributed by atoms with Gasteiger partial charge in [-0.25, -0.2) is 14.8 Å². The minimum atomic E-state index is -2.96. The Bertz CT molecular complexity index is 1320. The summed E-state index contributed by atoms with van der Waals surface area (Å²) in [5, 5.41) is 17.2. The summed E-state index contributed by atoms with van der Waals surface area (Å²) in [5.74, 6) is -1.17. The molecule has 0 aliphatic heterocycles. The number of H-pyrrole nitrogens is 1. The second-order valence-electron chi connectivity index (χ2n) is 8.75. The van der Waals surface area contributed by atoms with Gasteiger partial charge < -0.3 is 19.1 Å². The predicted octanol–water partition coefficient (Wildman–Crippen LogP) is 4.59. The van der Waals surface area contributed by atoms with Crippen LogP contribution >= 0.6 is 0 Å². The van der Waals surface area contributed by atoms with Crippen LogP contribution in [-0.2, 0) is 11.5 Å². The van der Waals surface area contributed by atoms with Gasteiger partial charge in [0.1, 0.15) is 34.9 Å². The Balaban J connectivity index is 1.69. The molecule has 0 fully saturated rings. The Morgan fingerprint density at radius 1 is 1.30 bits per heavy atom. The van der Waals surface area contributed by atoms with Gasteiger partial charge in [0.05, 0.1) is 11.7 Å². The van der Waals surface area contributed by atoms with E-state index < -0.39 is 20.7 Å². The molecule has 4 rings (SSSR count). The number of hydrogen-bond acceptors (Lipinski definition) is 6. The van der Waals surface area contributed by atoms with Crippen molar-refractivity contribution in [2.45, 2.75) is 39.0 Å².